The SMILES string of the molecule is C[C@@H](Oc1ccc(Cl)cn1)[C@H]1CCN(Cc2ccccc2)C[C@H]1c1ccc(Cl)cc1. The Labute approximate surface area is 188 Å². The molecule has 3 atom stereocenters. The van der Waals surface area contributed by atoms with Crippen molar-refractivity contribution in [3.8, 4) is 5.88 Å². The predicted octanol–water partition coefficient (Wildman–Crippen LogP) is 6.46. The van der Waals surface area contributed by atoms with Gasteiger partial charge in [-0.25, -0.2) is 4.98 Å². The van der Waals surface area contributed by atoms with Gasteiger partial charge in [0.2, 0.25) is 5.88 Å². The average Bonchev–Trinajstić information content (AvgIpc) is 2.76. The highest BCUT2D eigenvalue weighted by molar-refractivity contribution is 6.30. The summed E-state index contributed by atoms with van der Waals surface area (Å²) < 4.78 is 6.22. The number of halogens is 2. The minimum absolute atomic E-state index is 0.0400. The molecule has 0 saturated carbocycles. The molecule has 0 bridgehead atoms. The van der Waals surface area contributed by atoms with E-state index in [4.69, 9.17) is 27.9 Å². The molecule has 4 rings (SSSR count). The van der Waals surface area contributed by atoms with E-state index < -0.39 is 0 Å². The molecular weight excluding hydrogens is 415 g/mol. The van der Waals surface area contributed by atoms with E-state index in [0.717, 1.165) is 31.1 Å². The monoisotopic (exact) mass is 440 g/mol. The number of pyridine rings is 1. The summed E-state index contributed by atoms with van der Waals surface area (Å²) in [6.45, 7) is 5.15. The van der Waals surface area contributed by atoms with Crippen LogP contribution in [0.4, 0.5) is 0 Å². The van der Waals surface area contributed by atoms with Gasteiger partial charge in [0.25, 0.3) is 0 Å². The summed E-state index contributed by atoms with van der Waals surface area (Å²) >= 11 is 12.1. The third-order valence-corrected chi connectivity index (χ3v) is 6.38. The van der Waals surface area contributed by atoms with Crippen molar-refractivity contribution in [3.63, 3.8) is 0 Å². The van der Waals surface area contributed by atoms with Crippen molar-refractivity contribution in [2.45, 2.75) is 31.9 Å². The van der Waals surface area contributed by atoms with Crippen LogP contribution in [0.3, 0.4) is 0 Å². The molecular formula is C25H26Cl2N2O. The fourth-order valence-electron chi connectivity index (χ4n) is 4.36. The Kier molecular flexibility index (Phi) is 6.93. The molecule has 3 aromatic rings. The molecule has 0 N–H and O–H groups in total. The summed E-state index contributed by atoms with van der Waals surface area (Å²) in [5.74, 6) is 1.37. The van der Waals surface area contributed by atoms with Crippen LogP contribution in [0.5, 0.6) is 5.88 Å². The van der Waals surface area contributed by atoms with E-state index in [0.29, 0.717) is 22.7 Å². The van der Waals surface area contributed by atoms with E-state index in [1.165, 1.54) is 11.1 Å². The van der Waals surface area contributed by atoms with Gasteiger partial charge in [-0.1, -0.05) is 65.7 Å². The summed E-state index contributed by atoms with van der Waals surface area (Å²) in [5.41, 5.74) is 2.65. The van der Waals surface area contributed by atoms with Gasteiger partial charge in [-0.15, -0.1) is 0 Å². The third-order valence-electron chi connectivity index (χ3n) is 5.91. The molecule has 0 aliphatic carbocycles. The highest BCUT2D eigenvalue weighted by Crippen LogP contribution is 2.37. The van der Waals surface area contributed by atoms with Crippen LogP contribution in [-0.2, 0) is 6.54 Å². The molecule has 1 aliphatic rings. The van der Waals surface area contributed by atoms with Gasteiger partial charge in [0.05, 0.1) is 5.02 Å². The molecule has 1 fully saturated rings. The van der Waals surface area contributed by atoms with E-state index in [9.17, 15) is 0 Å². The van der Waals surface area contributed by atoms with Gasteiger partial charge in [-0.2, -0.15) is 0 Å². The lowest BCUT2D eigenvalue weighted by Crippen LogP contribution is -2.43. The van der Waals surface area contributed by atoms with Crippen LogP contribution < -0.4 is 4.74 Å². The molecule has 0 unspecified atom stereocenters. The van der Waals surface area contributed by atoms with Crippen molar-refractivity contribution in [2.75, 3.05) is 13.1 Å². The molecule has 1 saturated heterocycles. The Hall–Kier alpha value is -2.07. The Balaban J connectivity index is 1.52. The number of rotatable bonds is 6. The molecule has 5 heteroatoms. The van der Waals surface area contributed by atoms with Crippen molar-refractivity contribution in [1.29, 1.82) is 0 Å². The Morgan fingerprint density at radius 1 is 1.00 bits per heavy atom. The fourth-order valence-corrected chi connectivity index (χ4v) is 4.59. The summed E-state index contributed by atoms with van der Waals surface area (Å²) in [4.78, 5) is 6.85. The molecule has 1 aromatic heterocycles. The summed E-state index contributed by atoms with van der Waals surface area (Å²) in [6, 6.07) is 22.6. The van der Waals surface area contributed by atoms with Crippen molar-refractivity contribution in [1.82, 2.24) is 9.88 Å². The summed E-state index contributed by atoms with van der Waals surface area (Å²) in [6.07, 6.45) is 2.73. The first kappa shape index (κ1) is 21.2. The molecule has 0 radical (unpaired) electrons. The van der Waals surface area contributed by atoms with Gasteiger partial charge in [0.1, 0.15) is 6.10 Å². The van der Waals surface area contributed by atoms with Crippen LogP contribution in [0.1, 0.15) is 30.4 Å². The zero-order chi connectivity index (χ0) is 20.9. The maximum absolute atomic E-state index is 6.22. The topological polar surface area (TPSA) is 25.4 Å². The van der Waals surface area contributed by atoms with Crippen LogP contribution in [0.2, 0.25) is 10.0 Å². The first-order valence-corrected chi connectivity index (χ1v) is 11.1. The Morgan fingerprint density at radius 2 is 1.73 bits per heavy atom. The van der Waals surface area contributed by atoms with Crippen molar-refractivity contribution < 1.29 is 4.74 Å². The van der Waals surface area contributed by atoms with Crippen LogP contribution >= 0.6 is 23.2 Å². The van der Waals surface area contributed by atoms with Gasteiger partial charge in [0, 0.05) is 42.2 Å². The van der Waals surface area contributed by atoms with Crippen molar-refractivity contribution in [3.05, 3.63) is 94.1 Å². The second-order valence-electron chi connectivity index (χ2n) is 7.97. The van der Waals surface area contributed by atoms with E-state index in [2.05, 4.69) is 59.3 Å². The number of hydrogen-bond acceptors (Lipinski definition) is 3. The minimum atomic E-state index is 0.0400. The molecule has 2 heterocycles. The second-order valence-corrected chi connectivity index (χ2v) is 8.84. The van der Waals surface area contributed by atoms with Crippen molar-refractivity contribution in [2.24, 2.45) is 5.92 Å². The van der Waals surface area contributed by atoms with Crippen LogP contribution in [0.15, 0.2) is 72.9 Å². The highest BCUT2D eigenvalue weighted by atomic mass is 35.5. The zero-order valence-electron chi connectivity index (χ0n) is 17.0. The van der Waals surface area contributed by atoms with E-state index in [-0.39, 0.29) is 6.10 Å². The van der Waals surface area contributed by atoms with E-state index in [1.54, 1.807) is 6.20 Å². The van der Waals surface area contributed by atoms with E-state index in [1.807, 2.05) is 24.3 Å². The van der Waals surface area contributed by atoms with Gasteiger partial charge in [0.15, 0.2) is 0 Å². The summed E-state index contributed by atoms with van der Waals surface area (Å²) in [7, 11) is 0. The molecule has 0 spiro atoms. The smallest absolute Gasteiger partial charge is 0.213 e. The molecule has 2 aromatic carbocycles. The third kappa shape index (κ3) is 5.34. The molecule has 156 valence electrons. The van der Waals surface area contributed by atoms with Crippen LogP contribution in [0.25, 0.3) is 0 Å². The van der Waals surface area contributed by atoms with Gasteiger partial charge in [-0.05, 0) is 49.2 Å². The number of piperidine rings is 1. The Bertz CT molecular complexity index is 932. The average molecular weight is 441 g/mol. The number of benzene rings is 2. The maximum atomic E-state index is 6.22. The quantitative estimate of drug-likeness (QED) is 0.439. The second kappa shape index (κ2) is 9.82. The number of nitrogens with zero attached hydrogens (tertiary/aromatic N) is 2. The Morgan fingerprint density at radius 3 is 2.43 bits per heavy atom. The highest BCUT2D eigenvalue weighted by Gasteiger charge is 2.35. The summed E-state index contributed by atoms with van der Waals surface area (Å²) in [5, 5.41) is 1.38. The molecule has 30 heavy (non-hydrogen) atoms. The maximum Gasteiger partial charge on any atom is 0.213 e. The first-order chi connectivity index (χ1) is 14.6. The number of likely N-dealkylation sites (tertiary alicyclic amines) is 1. The van der Waals surface area contributed by atoms with Gasteiger partial charge >= 0.3 is 0 Å². The fraction of sp³-hybridized carbons (Fsp3) is 0.320. The first-order valence-electron chi connectivity index (χ1n) is 10.4. The minimum Gasteiger partial charge on any atom is -0.474 e. The lowest BCUT2D eigenvalue weighted by atomic mass is 9.77. The normalized spacial score (nSPS) is 20.6. The lowest BCUT2D eigenvalue weighted by molar-refractivity contribution is 0.0639. The van der Waals surface area contributed by atoms with Gasteiger partial charge < -0.3 is 4.74 Å². The molecule has 1 aliphatic heterocycles. The number of ether oxygens (including phenoxy) is 1. The van der Waals surface area contributed by atoms with Crippen LogP contribution in [-0.4, -0.2) is 29.1 Å². The molecule has 0 amide bonds. The number of aromatic nitrogens is 1. The zero-order valence-corrected chi connectivity index (χ0v) is 18.6. The molecule has 3 nitrogen and oxygen atoms in total. The lowest BCUT2D eigenvalue weighted by Gasteiger charge is -2.41. The standard InChI is InChI=1S/C25H26Cl2N2O/c1-18(30-25-12-11-22(27)15-28-25)23-13-14-29(16-19-5-3-2-4-6-19)17-24(23)20-7-9-21(26)10-8-20/h2-12,15,18,23-24H,13-14,16-17H2,1H3/t18-,23-,24+/m1/s1. The van der Waals surface area contributed by atoms with E-state index >= 15 is 0 Å². The largest absolute Gasteiger partial charge is 0.474 e. The van der Waals surface area contributed by atoms with Gasteiger partial charge in [-0.3, -0.25) is 4.90 Å². The van der Waals surface area contributed by atoms with Crippen LogP contribution in [0, 0.1) is 5.92 Å². The van der Waals surface area contributed by atoms with Crippen molar-refractivity contribution >= 4 is 23.2 Å². The number of hydrogen-bond donors (Lipinski definition) is 0. The predicted molar refractivity (Wildman–Crippen MR) is 123 cm³/mol.